The number of aliphatic imine (C=N–C) groups is 1. The van der Waals surface area contributed by atoms with E-state index in [0.29, 0.717) is 21.6 Å². The summed E-state index contributed by atoms with van der Waals surface area (Å²) in [5.74, 6) is 0.748. The van der Waals surface area contributed by atoms with Gasteiger partial charge in [0.25, 0.3) is 0 Å². The van der Waals surface area contributed by atoms with E-state index in [9.17, 15) is 0 Å². The van der Waals surface area contributed by atoms with Gasteiger partial charge in [0.15, 0.2) is 5.82 Å². The minimum atomic E-state index is -0.184. The number of hydrogen-bond acceptors (Lipinski definition) is 4. The third-order valence-corrected chi connectivity index (χ3v) is 4.26. The molecule has 0 radical (unpaired) electrons. The van der Waals surface area contributed by atoms with Crippen LogP contribution in [0.5, 0.6) is 0 Å². The predicted molar refractivity (Wildman–Crippen MR) is 89.7 cm³/mol. The Morgan fingerprint density at radius 2 is 1.91 bits per heavy atom. The molecule has 23 heavy (non-hydrogen) atoms. The molecule has 1 atom stereocenters. The van der Waals surface area contributed by atoms with Crippen LogP contribution in [0.4, 0.5) is 0 Å². The molecule has 0 bridgehead atoms. The van der Waals surface area contributed by atoms with Crippen LogP contribution in [-0.2, 0) is 0 Å². The molecule has 2 aromatic heterocycles. The molecule has 0 aliphatic carbocycles. The van der Waals surface area contributed by atoms with Gasteiger partial charge in [0.05, 0.1) is 16.4 Å². The first-order valence-corrected chi connectivity index (χ1v) is 7.80. The molecule has 3 heterocycles. The number of benzene rings is 1. The predicted octanol–water partition coefficient (Wildman–Crippen LogP) is 3.88. The molecule has 1 unspecified atom stereocenters. The van der Waals surface area contributed by atoms with Crippen LogP contribution in [-0.4, -0.2) is 25.5 Å². The van der Waals surface area contributed by atoms with Crippen molar-refractivity contribution in [2.75, 3.05) is 0 Å². The Morgan fingerprint density at radius 1 is 1.09 bits per heavy atom. The van der Waals surface area contributed by atoms with E-state index in [4.69, 9.17) is 28.2 Å². The third kappa shape index (κ3) is 2.33. The summed E-state index contributed by atoms with van der Waals surface area (Å²) in [6.45, 7) is 1.96. The van der Waals surface area contributed by atoms with Gasteiger partial charge in [0, 0.05) is 5.56 Å². The zero-order valence-corrected chi connectivity index (χ0v) is 13.6. The highest BCUT2D eigenvalue weighted by Crippen LogP contribution is 2.30. The van der Waals surface area contributed by atoms with Gasteiger partial charge in [0.1, 0.15) is 23.2 Å². The molecule has 0 saturated heterocycles. The molecule has 114 valence electrons. The molecule has 0 saturated carbocycles. The van der Waals surface area contributed by atoms with Crippen LogP contribution in [0.1, 0.15) is 30.0 Å². The van der Waals surface area contributed by atoms with Crippen LogP contribution in [0.2, 0.25) is 10.2 Å². The van der Waals surface area contributed by atoms with Crippen LogP contribution >= 0.6 is 23.2 Å². The fourth-order valence-corrected chi connectivity index (χ4v) is 3.05. The number of pyridine rings is 1. The maximum Gasteiger partial charge on any atom is 0.162 e. The monoisotopic (exact) mass is 343 g/mol. The van der Waals surface area contributed by atoms with E-state index in [1.54, 1.807) is 12.4 Å². The Balaban J connectivity index is 2.05. The van der Waals surface area contributed by atoms with Crippen molar-refractivity contribution in [3.05, 3.63) is 70.0 Å². The lowest BCUT2D eigenvalue weighted by molar-refractivity contribution is 0.724. The number of hydrogen-bond donors (Lipinski definition) is 0. The van der Waals surface area contributed by atoms with Gasteiger partial charge < -0.3 is 0 Å². The minimum Gasteiger partial charge on any atom is -0.281 e. The molecule has 0 spiro atoms. The van der Waals surface area contributed by atoms with Gasteiger partial charge in [-0.15, -0.1) is 10.2 Å². The van der Waals surface area contributed by atoms with Crippen molar-refractivity contribution < 1.29 is 0 Å². The molecule has 0 amide bonds. The van der Waals surface area contributed by atoms with Gasteiger partial charge in [-0.2, -0.15) is 0 Å². The summed E-state index contributed by atoms with van der Waals surface area (Å²) < 4.78 is 1.89. The number of rotatable bonds is 1. The van der Waals surface area contributed by atoms with Crippen molar-refractivity contribution in [1.29, 1.82) is 0 Å². The number of aromatic nitrogens is 4. The Labute approximate surface area is 142 Å². The average Bonchev–Trinajstić information content (AvgIpc) is 2.99. The fourth-order valence-electron chi connectivity index (χ4n) is 2.67. The molecule has 3 aromatic rings. The minimum absolute atomic E-state index is 0.184. The average molecular weight is 344 g/mol. The lowest BCUT2D eigenvalue weighted by atomic mass is 10.1. The first kappa shape index (κ1) is 14.4. The van der Waals surface area contributed by atoms with Gasteiger partial charge in [-0.1, -0.05) is 41.4 Å². The van der Waals surface area contributed by atoms with E-state index in [2.05, 4.69) is 15.2 Å². The zero-order chi connectivity index (χ0) is 16.0. The summed E-state index contributed by atoms with van der Waals surface area (Å²) in [6, 6.07) is 11.0. The molecule has 0 N–H and O–H groups in total. The Hall–Kier alpha value is -2.24. The van der Waals surface area contributed by atoms with Crippen LogP contribution in [0.3, 0.4) is 0 Å². The highest BCUT2D eigenvalue weighted by atomic mass is 35.5. The second kappa shape index (κ2) is 5.44. The molecule has 5 nitrogen and oxygen atoms in total. The summed E-state index contributed by atoms with van der Waals surface area (Å²) >= 11 is 12.5. The molecule has 4 rings (SSSR count). The first-order chi connectivity index (χ1) is 11.1. The molecular weight excluding hydrogens is 333 g/mol. The molecule has 7 heteroatoms. The van der Waals surface area contributed by atoms with Crippen molar-refractivity contribution in [1.82, 2.24) is 19.7 Å². The molecule has 1 aliphatic heterocycles. The maximum atomic E-state index is 6.37. The Bertz CT molecular complexity index is 932. The van der Waals surface area contributed by atoms with Gasteiger partial charge in [-0.3, -0.25) is 9.56 Å². The molecule has 0 fully saturated rings. The highest BCUT2D eigenvalue weighted by Gasteiger charge is 2.26. The van der Waals surface area contributed by atoms with Crippen LogP contribution in [0.15, 0.2) is 47.7 Å². The van der Waals surface area contributed by atoms with Crippen molar-refractivity contribution >= 4 is 28.9 Å². The molecule has 1 aliphatic rings. The van der Waals surface area contributed by atoms with Crippen molar-refractivity contribution in [2.24, 2.45) is 4.99 Å². The normalized spacial score (nSPS) is 16.3. The van der Waals surface area contributed by atoms with Crippen LogP contribution < -0.4 is 0 Å². The zero-order valence-electron chi connectivity index (χ0n) is 12.1. The second-order valence-electron chi connectivity index (χ2n) is 5.19. The Morgan fingerprint density at radius 3 is 2.74 bits per heavy atom. The lowest BCUT2D eigenvalue weighted by Gasteiger charge is -2.11. The second-order valence-corrected chi connectivity index (χ2v) is 5.99. The molecule has 1 aromatic carbocycles. The van der Waals surface area contributed by atoms with Crippen LogP contribution in [0.25, 0.3) is 5.69 Å². The van der Waals surface area contributed by atoms with Crippen molar-refractivity contribution in [3.8, 4) is 5.69 Å². The van der Waals surface area contributed by atoms with E-state index in [1.807, 2.05) is 41.8 Å². The smallest absolute Gasteiger partial charge is 0.162 e. The SMILES string of the molecule is CC1N=C(c2ccccc2Cl)c2nc(Cl)ccc2-n2cnnc21. The van der Waals surface area contributed by atoms with E-state index in [0.717, 1.165) is 17.1 Å². The Kier molecular flexibility index (Phi) is 3.39. The first-order valence-electron chi connectivity index (χ1n) is 7.05. The van der Waals surface area contributed by atoms with E-state index < -0.39 is 0 Å². The number of nitrogens with zero attached hydrogens (tertiary/aromatic N) is 5. The van der Waals surface area contributed by atoms with E-state index in [-0.39, 0.29) is 6.04 Å². The fraction of sp³-hybridized carbons (Fsp3) is 0.125. The summed E-state index contributed by atoms with van der Waals surface area (Å²) in [5, 5.41) is 9.18. The largest absolute Gasteiger partial charge is 0.281 e. The van der Waals surface area contributed by atoms with E-state index >= 15 is 0 Å². The van der Waals surface area contributed by atoms with Crippen molar-refractivity contribution in [3.63, 3.8) is 0 Å². The summed E-state index contributed by atoms with van der Waals surface area (Å²) in [4.78, 5) is 9.28. The topological polar surface area (TPSA) is 56.0 Å². The standard InChI is InChI=1S/C16H11Cl2N5/c1-9-16-22-19-8-23(16)12-6-7-13(18)21-15(12)14(20-9)10-4-2-3-5-11(10)17/h2-9H,1H3. The van der Waals surface area contributed by atoms with E-state index in [1.165, 1.54) is 0 Å². The van der Waals surface area contributed by atoms with Gasteiger partial charge in [-0.05, 0) is 25.1 Å². The summed E-state index contributed by atoms with van der Waals surface area (Å²) in [6.07, 6.45) is 1.66. The third-order valence-electron chi connectivity index (χ3n) is 3.72. The number of halogens is 2. The van der Waals surface area contributed by atoms with Gasteiger partial charge >= 0.3 is 0 Å². The summed E-state index contributed by atoms with van der Waals surface area (Å²) in [5.41, 5.74) is 3.01. The van der Waals surface area contributed by atoms with Crippen molar-refractivity contribution in [2.45, 2.75) is 13.0 Å². The highest BCUT2D eigenvalue weighted by molar-refractivity contribution is 6.35. The van der Waals surface area contributed by atoms with Gasteiger partial charge in [-0.25, -0.2) is 4.98 Å². The lowest BCUT2D eigenvalue weighted by Crippen LogP contribution is -2.10. The maximum absolute atomic E-state index is 6.37. The number of fused-ring (bicyclic) bond motifs is 3. The molecular formula is C16H11Cl2N5. The quantitative estimate of drug-likeness (QED) is 0.630. The van der Waals surface area contributed by atoms with Gasteiger partial charge in [0.2, 0.25) is 0 Å². The van der Waals surface area contributed by atoms with Crippen LogP contribution in [0, 0.1) is 0 Å². The summed E-state index contributed by atoms with van der Waals surface area (Å²) in [7, 11) is 0.